The van der Waals surface area contributed by atoms with E-state index in [1.54, 1.807) is 32.2 Å². The van der Waals surface area contributed by atoms with Crippen LogP contribution >= 0.6 is 11.6 Å². The molecule has 1 N–H and O–H groups in total. The van der Waals surface area contributed by atoms with Gasteiger partial charge in [-0.15, -0.1) is 0 Å². The molecule has 0 heterocycles. The number of methoxy groups -OCH3 is 1. The van der Waals surface area contributed by atoms with Crippen LogP contribution in [0.4, 0.5) is 0 Å². The second kappa shape index (κ2) is 6.75. The highest BCUT2D eigenvalue weighted by Crippen LogP contribution is 2.32. The Morgan fingerprint density at radius 3 is 2.65 bits per heavy atom. The van der Waals surface area contributed by atoms with Gasteiger partial charge >= 0.3 is 0 Å². The van der Waals surface area contributed by atoms with E-state index in [-0.39, 0.29) is 0 Å². The summed E-state index contributed by atoms with van der Waals surface area (Å²) < 4.78 is 10.9. The molecule has 106 valence electrons. The molecule has 0 bridgehead atoms. The average molecular weight is 293 g/mol. The highest BCUT2D eigenvalue weighted by molar-refractivity contribution is 6.32. The first kappa shape index (κ1) is 14.9. The van der Waals surface area contributed by atoms with E-state index >= 15 is 0 Å². The molecule has 0 unspecified atom stereocenters. The Bertz CT molecular complexity index is 582. The molecule has 1 atom stereocenters. The van der Waals surface area contributed by atoms with Gasteiger partial charge in [0.2, 0.25) is 0 Å². The first-order valence-electron chi connectivity index (χ1n) is 6.33. The number of hydrogen-bond donors (Lipinski definition) is 1. The molecular formula is C16H17ClO3. The van der Waals surface area contributed by atoms with Crippen LogP contribution in [0.1, 0.15) is 24.2 Å². The van der Waals surface area contributed by atoms with Gasteiger partial charge in [-0.1, -0.05) is 29.8 Å². The van der Waals surface area contributed by atoms with E-state index in [1.807, 2.05) is 24.3 Å². The van der Waals surface area contributed by atoms with Crippen LogP contribution in [0.25, 0.3) is 0 Å². The van der Waals surface area contributed by atoms with Crippen LogP contribution in [0.15, 0.2) is 42.5 Å². The zero-order valence-electron chi connectivity index (χ0n) is 11.5. The normalized spacial score (nSPS) is 12.2. The molecule has 3 nitrogen and oxygen atoms in total. The molecule has 2 aromatic rings. The Balaban J connectivity index is 2.19. The summed E-state index contributed by atoms with van der Waals surface area (Å²) >= 11 is 6.16. The first-order chi connectivity index (χ1) is 9.60. The Hall–Kier alpha value is -1.55. The lowest BCUT2D eigenvalue weighted by atomic mass is 10.1. The lowest BCUT2D eigenvalue weighted by Crippen LogP contribution is -1.93. The monoisotopic (exact) mass is 292 g/mol. The topological polar surface area (TPSA) is 38.7 Å². The molecule has 4 heteroatoms. The summed E-state index contributed by atoms with van der Waals surface area (Å²) in [5, 5.41) is 9.98. The maximum Gasteiger partial charge on any atom is 0.146 e. The maximum absolute atomic E-state index is 9.51. The fourth-order valence-electron chi connectivity index (χ4n) is 1.85. The van der Waals surface area contributed by atoms with Gasteiger partial charge in [0.25, 0.3) is 0 Å². The van der Waals surface area contributed by atoms with E-state index in [9.17, 15) is 5.11 Å². The largest absolute Gasteiger partial charge is 0.456 e. The third kappa shape index (κ3) is 3.73. The van der Waals surface area contributed by atoms with Gasteiger partial charge in [0, 0.05) is 7.11 Å². The van der Waals surface area contributed by atoms with Crippen LogP contribution in [0.3, 0.4) is 0 Å². The maximum atomic E-state index is 9.51. The van der Waals surface area contributed by atoms with Crippen molar-refractivity contribution < 1.29 is 14.6 Å². The van der Waals surface area contributed by atoms with Crippen molar-refractivity contribution in [1.29, 1.82) is 0 Å². The van der Waals surface area contributed by atoms with Crippen LogP contribution in [0, 0.1) is 0 Å². The van der Waals surface area contributed by atoms with Crippen LogP contribution in [-0.2, 0) is 11.3 Å². The van der Waals surface area contributed by atoms with E-state index in [2.05, 4.69) is 0 Å². The Morgan fingerprint density at radius 2 is 2.00 bits per heavy atom. The molecule has 0 amide bonds. The van der Waals surface area contributed by atoms with Crippen molar-refractivity contribution in [3.63, 3.8) is 0 Å². The zero-order chi connectivity index (χ0) is 14.5. The summed E-state index contributed by atoms with van der Waals surface area (Å²) in [5.74, 6) is 1.26. The summed E-state index contributed by atoms with van der Waals surface area (Å²) in [7, 11) is 1.65. The third-order valence-electron chi connectivity index (χ3n) is 2.88. The molecule has 0 radical (unpaired) electrons. The second-order valence-electron chi connectivity index (χ2n) is 4.55. The smallest absolute Gasteiger partial charge is 0.146 e. The number of hydrogen-bond acceptors (Lipinski definition) is 3. The van der Waals surface area contributed by atoms with Crippen molar-refractivity contribution in [2.24, 2.45) is 0 Å². The fourth-order valence-corrected chi connectivity index (χ4v) is 2.08. The molecule has 2 aromatic carbocycles. The molecule has 0 aliphatic carbocycles. The molecule has 0 saturated carbocycles. The molecule has 0 aromatic heterocycles. The first-order valence-corrected chi connectivity index (χ1v) is 6.71. The van der Waals surface area contributed by atoms with Crippen molar-refractivity contribution in [2.75, 3.05) is 7.11 Å². The second-order valence-corrected chi connectivity index (χ2v) is 4.96. The van der Waals surface area contributed by atoms with E-state index < -0.39 is 6.10 Å². The summed E-state index contributed by atoms with van der Waals surface area (Å²) in [6.07, 6.45) is -0.549. The molecule has 0 saturated heterocycles. The van der Waals surface area contributed by atoms with Crippen molar-refractivity contribution in [1.82, 2.24) is 0 Å². The van der Waals surface area contributed by atoms with E-state index in [1.165, 1.54) is 0 Å². The lowest BCUT2D eigenvalue weighted by molar-refractivity contribution is 0.184. The minimum absolute atomic E-state index is 0.473. The predicted octanol–water partition coefficient (Wildman–Crippen LogP) is 4.33. The van der Waals surface area contributed by atoms with E-state index in [0.717, 1.165) is 11.1 Å². The SMILES string of the molecule is COCc1cccc(Oc2ccc([C@@H](C)O)cc2Cl)c1. The number of halogens is 1. The zero-order valence-corrected chi connectivity index (χ0v) is 12.2. The molecule has 2 rings (SSSR count). The number of aliphatic hydroxyl groups is 1. The van der Waals surface area contributed by atoms with E-state index in [4.69, 9.17) is 21.1 Å². The summed E-state index contributed by atoms with van der Waals surface area (Å²) in [4.78, 5) is 0. The van der Waals surface area contributed by atoms with Gasteiger partial charge in [0.05, 0.1) is 17.7 Å². The Morgan fingerprint density at radius 1 is 1.20 bits per heavy atom. The van der Waals surface area contributed by atoms with Crippen LogP contribution < -0.4 is 4.74 Å². The van der Waals surface area contributed by atoms with Crippen LogP contribution in [0.2, 0.25) is 5.02 Å². The highest BCUT2D eigenvalue weighted by atomic mass is 35.5. The Kier molecular flexibility index (Phi) is 5.01. The van der Waals surface area contributed by atoms with Crippen molar-refractivity contribution in [2.45, 2.75) is 19.6 Å². The molecule has 20 heavy (non-hydrogen) atoms. The number of ether oxygens (including phenoxy) is 2. The van der Waals surface area contributed by atoms with Crippen LogP contribution in [-0.4, -0.2) is 12.2 Å². The van der Waals surface area contributed by atoms with Gasteiger partial charge in [-0.2, -0.15) is 0 Å². The van der Waals surface area contributed by atoms with Gasteiger partial charge in [-0.25, -0.2) is 0 Å². The van der Waals surface area contributed by atoms with Crippen molar-refractivity contribution in [3.8, 4) is 11.5 Å². The minimum Gasteiger partial charge on any atom is -0.456 e. The third-order valence-corrected chi connectivity index (χ3v) is 3.17. The Labute approximate surface area is 123 Å². The molecule has 0 aliphatic heterocycles. The van der Waals surface area contributed by atoms with E-state index in [0.29, 0.717) is 23.1 Å². The molecule has 0 aliphatic rings. The van der Waals surface area contributed by atoms with Crippen molar-refractivity contribution in [3.05, 3.63) is 58.6 Å². The molecule has 0 spiro atoms. The summed E-state index contributed by atoms with van der Waals surface area (Å²) in [6, 6.07) is 12.9. The molecular weight excluding hydrogens is 276 g/mol. The van der Waals surface area contributed by atoms with Gasteiger partial charge in [0.15, 0.2) is 0 Å². The highest BCUT2D eigenvalue weighted by Gasteiger charge is 2.08. The quantitative estimate of drug-likeness (QED) is 0.891. The van der Waals surface area contributed by atoms with Gasteiger partial charge in [-0.05, 0) is 42.3 Å². The summed E-state index contributed by atoms with van der Waals surface area (Å²) in [6.45, 7) is 2.23. The van der Waals surface area contributed by atoms with Gasteiger partial charge in [-0.3, -0.25) is 0 Å². The number of aliphatic hydroxyl groups excluding tert-OH is 1. The number of rotatable bonds is 5. The average Bonchev–Trinajstić information content (AvgIpc) is 2.42. The molecule has 0 fully saturated rings. The summed E-state index contributed by atoms with van der Waals surface area (Å²) in [5.41, 5.74) is 1.79. The van der Waals surface area contributed by atoms with Gasteiger partial charge in [0.1, 0.15) is 11.5 Å². The van der Waals surface area contributed by atoms with Crippen molar-refractivity contribution >= 4 is 11.6 Å². The van der Waals surface area contributed by atoms with Gasteiger partial charge < -0.3 is 14.6 Å². The predicted molar refractivity (Wildman–Crippen MR) is 79.3 cm³/mol. The van der Waals surface area contributed by atoms with Crippen LogP contribution in [0.5, 0.6) is 11.5 Å². The standard InChI is InChI=1S/C16H17ClO3/c1-11(18)13-6-7-16(15(17)9-13)20-14-5-3-4-12(8-14)10-19-2/h3-9,11,18H,10H2,1-2H3/t11-/m1/s1. The number of benzene rings is 2. The fraction of sp³-hybridized carbons (Fsp3) is 0.250. The lowest BCUT2D eigenvalue weighted by Gasteiger charge is -2.11. The minimum atomic E-state index is -0.549.